The molecule has 7 nitrogen and oxygen atoms in total. The van der Waals surface area contributed by atoms with Crippen LogP contribution in [0.5, 0.6) is 0 Å². The van der Waals surface area contributed by atoms with E-state index in [2.05, 4.69) is 0 Å². The number of fused-ring (bicyclic) bond motifs is 1. The van der Waals surface area contributed by atoms with Gasteiger partial charge in [0.2, 0.25) is 5.91 Å². The summed E-state index contributed by atoms with van der Waals surface area (Å²) in [6.45, 7) is 2.03. The van der Waals surface area contributed by atoms with E-state index >= 15 is 0 Å². The highest BCUT2D eigenvalue weighted by Gasteiger charge is 2.32. The number of hydrogen-bond acceptors (Lipinski definition) is 5. The zero-order valence-electron chi connectivity index (χ0n) is 23.6. The molecule has 0 N–H and O–H groups in total. The number of rotatable bonds is 9. The second kappa shape index (κ2) is 12.8. The van der Waals surface area contributed by atoms with Crippen molar-refractivity contribution in [2.75, 3.05) is 19.7 Å². The quantitative estimate of drug-likeness (QED) is 0.239. The second-order valence-corrected chi connectivity index (χ2v) is 10.7. The third-order valence-electron chi connectivity index (χ3n) is 7.43. The monoisotopic (exact) mass is 592 g/mol. The maximum absolute atomic E-state index is 13.9. The first-order valence-electron chi connectivity index (χ1n) is 14.0. The lowest BCUT2D eigenvalue weighted by atomic mass is 10.1. The van der Waals surface area contributed by atoms with Gasteiger partial charge in [0.05, 0.1) is 35.4 Å². The normalized spacial score (nSPS) is 15.0. The molecule has 5 rings (SSSR count). The van der Waals surface area contributed by atoms with E-state index in [1.54, 1.807) is 12.1 Å². The Hall–Kier alpha value is -4.44. The summed E-state index contributed by atoms with van der Waals surface area (Å²) in [5.74, 6) is -1.19. The average Bonchev–Trinajstić information content (AvgIpc) is 3.51. The first-order valence-corrected chi connectivity index (χ1v) is 14.0. The predicted molar refractivity (Wildman–Crippen MR) is 154 cm³/mol. The lowest BCUT2D eigenvalue weighted by Gasteiger charge is -2.29. The summed E-state index contributed by atoms with van der Waals surface area (Å²) in [5, 5.41) is 0.393. The van der Waals surface area contributed by atoms with Crippen molar-refractivity contribution in [1.82, 2.24) is 9.80 Å². The largest absolute Gasteiger partial charge is 0.464 e. The Balaban J connectivity index is 1.45. The minimum atomic E-state index is -4.63. The van der Waals surface area contributed by atoms with E-state index in [1.165, 1.54) is 28.2 Å². The lowest BCUT2D eigenvalue weighted by molar-refractivity contribution is -0.137. The summed E-state index contributed by atoms with van der Waals surface area (Å²) in [6, 6.07) is 18.6. The molecular weight excluding hydrogens is 561 g/mol. The van der Waals surface area contributed by atoms with Crippen molar-refractivity contribution >= 4 is 22.8 Å². The Morgan fingerprint density at radius 3 is 2.47 bits per heavy atom. The molecule has 0 saturated carbocycles. The van der Waals surface area contributed by atoms with E-state index in [-0.39, 0.29) is 42.3 Å². The molecule has 1 aliphatic rings. The first kappa shape index (κ1) is 30.0. The number of hydrogen-bond donors (Lipinski definition) is 0. The number of alkyl halides is 3. The highest BCUT2D eigenvalue weighted by molar-refractivity contribution is 5.96. The fourth-order valence-corrected chi connectivity index (χ4v) is 5.16. The maximum Gasteiger partial charge on any atom is 0.416 e. The van der Waals surface area contributed by atoms with Crippen LogP contribution in [0, 0.1) is 6.92 Å². The number of ether oxygens (including phenoxy) is 1. The smallest absolute Gasteiger partial charge is 0.416 e. The Bertz CT molecular complexity index is 1660. The van der Waals surface area contributed by atoms with Crippen LogP contribution in [-0.4, -0.2) is 47.4 Å². The van der Waals surface area contributed by atoms with E-state index in [1.807, 2.05) is 43.3 Å². The third-order valence-corrected chi connectivity index (χ3v) is 7.43. The standard InChI is InChI=1S/C33H31F3N2O5/c1-22-12-13-29-28(15-22)31(40)25(21-43-29)18-37(17-23-7-3-2-4-8-23)30(39)20-38(19-27-11-6-14-42-27)32(41)24-9-5-10-26(16-24)33(34,35)36/h2-5,7-10,12-13,15-16,21,27H,6,11,14,17-20H2,1H3. The number of aryl methyl sites for hydroxylation is 1. The predicted octanol–water partition coefficient (Wildman–Crippen LogP) is 5.97. The third kappa shape index (κ3) is 7.32. The van der Waals surface area contributed by atoms with Crippen LogP contribution in [0.25, 0.3) is 11.0 Å². The van der Waals surface area contributed by atoms with Crippen LogP contribution in [0.2, 0.25) is 0 Å². The van der Waals surface area contributed by atoms with Crippen LogP contribution in [-0.2, 0) is 28.8 Å². The topological polar surface area (TPSA) is 80.1 Å². The van der Waals surface area contributed by atoms with E-state index in [0.29, 0.717) is 24.0 Å². The molecule has 0 aliphatic carbocycles. The van der Waals surface area contributed by atoms with Gasteiger partial charge in [-0.25, -0.2) is 0 Å². The zero-order valence-corrected chi connectivity index (χ0v) is 23.6. The molecule has 10 heteroatoms. The summed E-state index contributed by atoms with van der Waals surface area (Å²) >= 11 is 0. The van der Waals surface area contributed by atoms with Crippen molar-refractivity contribution < 1.29 is 31.9 Å². The Labute approximate surface area is 246 Å². The van der Waals surface area contributed by atoms with Gasteiger partial charge in [0.15, 0.2) is 5.43 Å². The van der Waals surface area contributed by atoms with Gasteiger partial charge in [-0.2, -0.15) is 13.2 Å². The summed E-state index contributed by atoms with van der Waals surface area (Å²) in [7, 11) is 0. The summed E-state index contributed by atoms with van der Waals surface area (Å²) in [4.78, 5) is 43.6. The molecule has 4 aromatic rings. The van der Waals surface area contributed by atoms with Gasteiger partial charge >= 0.3 is 6.18 Å². The van der Waals surface area contributed by atoms with Crippen LogP contribution in [0.1, 0.15) is 45.5 Å². The number of carbonyl (C=O) groups is 2. The summed E-state index contributed by atoms with van der Waals surface area (Å²) in [6.07, 6.45) is -2.20. The average molecular weight is 593 g/mol. The zero-order chi connectivity index (χ0) is 30.6. The fraction of sp³-hybridized carbons (Fsp3) is 0.303. The van der Waals surface area contributed by atoms with Crippen LogP contribution >= 0.6 is 0 Å². The molecule has 3 aromatic carbocycles. The minimum Gasteiger partial charge on any atom is -0.464 e. The highest BCUT2D eigenvalue weighted by Crippen LogP contribution is 2.30. The van der Waals surface area contributed by atoms with Crippen molar-refractivity contribution in [1.29, 1.82) is 0 Å². The van der Waals surface area contributed by atoms with Gasteiger partial charge in [-0.3, -0.25) is 14.4 Å². The van der Waals surface area contributed by atoms with Gasteiger partial charge < -0.3 is 19.0 Å². The Morgan fingerprint density at radius 1 is 0.953 bits per heavy atom. The molecule has 43 heavy (non-hydrogen) atoms. The molecular formula is C33H31F3N2O5. The van der Waals surface area contributed by atoms with Crippen molar-refractivity contribution in [3.05, 3.63) is 117 Å². The lowest BCUT2D eigenvalue weighted by Crippen LogP contribution is -2.45. The molecule has 1 fully saturated rings. The summed E-state index contributed by atoms with van der Waals surface area (Å²) in [5.41, 5.74) is 0.962. The van der Waals surface area contributed by atoms with Crippen molar-refractivity contribution in [3.8, 4) is 0 Å². The van der Waals surface area contributed by atoms with Crippen molar-refractivity contribution in [3.63, 3.8) is 0 Å². The van der Waals surface area contributed by atoms with Crippen molar-refractivity contribution in [2.45, 2.75) is 45.1 Å². The second-order valence-electron chi connectivity index (χ2n) is 10.7. The molecule has 1 unspecified atom stereocenters. The molecule has 1 aliphatic heterocycles. The van der Waals surface area contributed by atoms with Crippen LogP contribution < -0.4 is 5.43 Å². The van der Waals surface area contributed by atoms with Gasteiger partial charge in [-0.15, -0.1) is 0 Å². The maximum atomic E-state index is 13.9. The summed E-state index contributed by atoms with van der Waals surface area (Å²) < 4.78 is 51.6. The highest BCUT2D eigenvalue weighted by atomic mass is 19.4. The molecule has 0 bridgehead atoms. The molecule has 2 amide bonds. The van der Waals surface area contributed by atoms with E-state index < -0.39 is 30.1 Å². The van der Waals surface area contributed by atoms with E-state index in [4.69, 9.17) is 9.15 Å². The van der Waals surface area contributed by atoms with Crippen LogP contribution in [0.4, 0.5) is 13.2 Å². The molecule has 1 atom stereocenters. The van der Waals surface area contributed by atoms with Gasteiger partial charge in [-0.1, -0.05) is 48.0 Å². The fourth-order valence-electron chi connectivity index (χ4n) is 5.16. The number of benzene rings is 3. The van der Waals surface area contributed by atoms with Gasteiger partial charge in [0.25, 0.3) is 5.91 Å². The van der Waals surface area contributed by atoms with E-state index in [9.17, 15) is 27.6 Å². The number of halogens is 3. The SMILES string of the molecule is Cc1ccc2occ(CN(Cc3ccccc3)C(=O)CN(CC3CCCO3)C(=O)c3cccc(C(F)(F)F)c3)c(=O)c2c1. The molecule has 1 saturated heterocycles. The molecule has 224 valence electrons. The Kier molecular flexibility index (Phi) is 8.96. The molecule has 2 heterocycles. The van der Waals surface area contributed by atoms with Gasteiger partial charge in [-0.05, 0) is 55.7 Å². The minimum absolute atomic E-state index is 0.0391. The van der Waals surface area contributed by atoms with Crippen molar-refractivity contribution in [2.24, 2.45) is 0 Å². The Morgan fingerprint density at radius 2 is 1.74 bits per heavy atom. The number of amides is 2. The molecule has 0 radical (unpaired) electrons. The van der Waals surface area contributed by atoms with Crippen LogP contribution in [0.15, 0.2) is 88.3 Å². The molecule has 0 spiro atoms. The van der Waals surface area contributed by atoms with Gasteiger partial charge in [0.1, 0.15) is 12.1 Å². The number of carbonyl (C=O) groups excluding carboxylic acids is 2. The van der Waals surface area contributed by atoms with Crippen LogP contribution in [0.3, 0.4) is 0 Å². The number of nitrogens with zero attached hydrogens (tertiary/aromatic N) is 2. The van der Waals surface area contributed by atoms with Gasteiger partial charge in [0, 0.05) is 25.3 Å². The molecule has 1 aromatic heterocycles. The first-order chi connectivity index (χ1) is 20.6. The van der Waals surface area contributed by atoms with E-state index in [0.717, 1.165) is 29.7 Å².